The lowest BCUT2D eigenvalue weighted by Crippen LogP contribution is -2.40. The number of carboxylic acid groups (broad SMARTS) is 1. The fourth-order valence-corrected chi connectivity index (χ4v) is 2.24. The van der Waals surface area contributed by atoms with Crippen LogP contribution in [0.4, 0.5) is 0 Å². The minimum Gasteiger partial charge on any atom is -0.497 e. The molecule has 1 aromatic carbocycles. The predicted octanol–water partition coefficient (Wildman–Crippen LogP) is 1.75. The van der Waals surface area contributed by atoms with E-state index in [2.05, 4.69) is 0 Å². The molecule has 0 heterocycles. The van der Waals surface area contributed by atoms with Crippen LogP contribution in [-0.4, -0.2) is 55.8 Å². The molecule has 1 N–H and O–H groups in total. The largest absolute Gasteiger partial charge is 0.497 e. The van der Waals surface area contributed by atoms with Crippen molar-refractivity contribution in [1.82, 2.24) is 4.90 Å². The molecule has 1 unspecified atom stereocenters. The molecule has 1 aromatic rings. The van der Waals surface area contributed by atoms with Gasteiger partial charge in [-0.2, -0.15) is 0 Å². The average Bonchev–Trinajstić information content (AvgIpc) is 2.52. The van der Waals surface area contributed by atoms with Gasteiger partial charge in [0.05, 0.1) is 19.6 Å². The minimum atomic E-state index is -1.03. The summed E-state index contributed by atoms with van der Waals surface area (Å²) in [7, 11) is 3.10. The number of carbonyl (C=O) groups excluding carboxylic acids is 1. The first kappa shape index (κ1) is 18.0. The second-order valence-electron chi connectivity index (χ2n) is 4.88. The Morgan fingerprint density at radius 3 is 2.32 bits per heavy atom. The SMILES string of the molecule is CCC(C(=O)N(CCOC)CC(=O)O)c1ccc(OC)cc1. The van der Waals surface area contributed by atoms with Gasteiger partial charge >= 0.3 is 5.97 Å². The lowest BCUT2D eigenvalue weighted by molar-refractivity contribution is -0.145. The second-order valence-corrected chi connectivity index (χ2v) is 4.88. The van der Waals surface area contributed by atoms with Crippen LogP contribution in [0.15, 0.2) is 24.3 Å². The number of aliphatic carboxylic acids is 1. The van der Waals surface area contributed by atoms with Gasteiger partial charge in [0.1, 0.15) is 12.3 Å². The molecule has 6 nitrogen and oxygen atoms in total. The van der Waals surface area contributed by atoms with Crippen LogP contribution in [0.3, 0.4) is 0 Å². The summed E-state index contributed by atoms with van der Waals surface area (Å²) in [6.07, 6.45) is 0.592. The zero-order valence-electron chi connectivity index (χ0n) is 13.2. The Bertz CT molecular complexity index is 486. The number of amides is 1. The second kappa shape index (κ2) is 9.04. The number of hydrogen-bond acceptors (Lipinski definition) is 4. The highest BCUT2D eigenvalue weighted by atomic mass is 16.5. The molecule has 0 saturated heterocycles. The lowest BCUT2D eigenvalue weighted by atomic mass is 9.95. The summed E-state index contributed by atoms with van der Waals surface area (Å²) >= 11 is 0. The molecule has 0 saturated carbocycles. The molecule has 1 rings (SSSR count). The highest BCUT2D eigenvalue weighted by Crippen LogP contribution is 2.24. The number of carboxylic acids is 1. The highest BCUT2D eigenvalue weighted by Gasteiger charge is 2.25. The summed E-state index contributed by atoms with van der Waals surface area (Å²) in [6.45, 7) is 2.14. The molecule has 0 aromatic heterocycles. The van der Waals surface area contributed by atoms with E-state index < -0.39 is 5.97 Å². The van der Waals surface area contributed by atoms with E-state index >= 15 is 0 Å². The van der Waals surface area contributed by atoms with Crippen molar-refractivity contribution in [3.8, 4) is 5.75 Å². The topological polar surface area (TPSA) is 76.1 Å². The Hall–Kier alpha value is -2.08. The maximum Gasteiger partial charge on any atom is 0.323 e. The quantitative estimate of drug-likeness (QED) is 0.752. The number of hydrogen-bond donors (Lipinski definition) is 1. The van der Waals surface area contributed by atoms with Gasteiger partial charge < -0.3 is 19.5 Å². The van der Waals surface area contributed by atoms with E-state index in [-0.39, 0.29) is 24.9 Å². The Kier molecular flexibility index (Phi) is 7.39. The van der Waals surface area contributed by atoms with Gasteiger partial charge in [0.25, 0.3) is 0 Å². The first-order valence-corrected chi connectivity index (χ1v) is 7.16. The van der Waals surface area contributed by atoms with Crippen molar-refractivity contribution >= 4 is 11.9 Å². The van der Waals surface area contributed by atoms with Gasteiger partial charge in [-0.15, -0.1) is 0 Å². The molecule has 0 spiro atoms. The fraction of sp³-hybridized carbons (Fsp3) is 0.500. The van der Waals surface area contributed by atoms with Crippen LogP contribution < -0.4 is 4.74 Å². The third-order valence-electron chi connectivity index (χ3n) is 3.43. The third kappa shape index (κ3) is 5.04. The van der Waals surface area contributed by atoms with Crippen molar-refractivity contribution < 1.29 is 24.2 Å². The molecule has 0 radical (unpaired) electrons. The van der Waals surface area contributed by atoms with E-state index in [1.54, 1.807) is 19.2 Å². The average molecular weight is 309 g/mol. The Morgan fingerprint density at radius 2 is 1.86 bits per heavy atom. The standard InChI is InChI=1S/C16H23NO5/c1-4-14(12-5-7-13(22-3)8-6-12)16(20)17(9-10-21-2)11-15(18)19/h5-8,14H,4,9-11H2,1-3H3,(H,18,19). The molecule has 6 heteroatoms. The Morgan fingerprint density at radius 1 is 1.23 bits per heavy atom. The third-order valence-corrected chi connectivity index (χ3v) is 3.43. The molecule has 0 fully saturated rings. The molecule has 1 atom stereocenters. The van der Waals surface area contributed by atoms with Crippen LogP contribution in [0.1, 0.15) is 24.8 Å². The number of carbonyl (C=O) groups is 2. The number of nitrogens with zero attached hydrogens (tertiary/aromatic N) is 1. The van der Waals surface area contributed by atoms with Crippen molar-refractivity contribution in [1.29, 1.82) is 0 Å². The molecular weight excluding hydrogens is 286 g/mol. The zero-order chi connectivity index (χ0) is 16.5. The zero-order valence-corrected chi connectivity index (χ0v) is 13.2. The summed E-state index contributed by atoms with van der Waals surface area (Å²) in [6, 6.07) is 7.25. The molecule has 0 aliphatic rings. The lowest BCUT2D eigenvalue weighted by Gasteiger charge is -2.25. The molecule has 0 bridgehead atoms. The first-order valence-electron chi connectivity index (χ1n) is 7.16. The maximum atomic E-state index is 12.6. The molecular formula is C16H23NO5. The molecule has 122 valence electrons. The molecule has 1 amide bonds. The number of benzene rings is 1. The molecule has 0 aliphatic carbocycles. The van der Waals surface area contributed by atoms with Crippen LogP contribution in [0.2, 0.25) is 0 Å². The van der Waals surface area contributed by atoms with Gasteiger partial charge in [-0.25, -0.2) is 0 Å². The summed E-state index contributed by atoms with van der Waals surface area (Å²) in [4.78, 5) is 24.9. The van der Waals surface area contributed by atoms with Crippen LogP contribution in [0.25, 0.3) is 0 Å². The van der Waals surface area contributed by atoms with E-state index in [0.29, 0.717) is 18.8 Å². The summed E-state index contributed by atoms with van der Waals surface area (Å²) < 4.78 is 10.1. The van der Waals surface area contributed by atoms with Crippen LogP contribution in [0.5, 0.6) is 5.75 Å². The smallest absolute Gasteiger partial charge is 0.323 e. The van der Waals surface area contributed by atoms with Gasteiger partial charge in [0.2, 0.25) is 5.91 Å². The summed E-state index contributed by atoms with van der Waals surface area (Å²) in [5.41, 5.74) is 0.848. The van der Waals surface area contributed by atoms with E-state index in [1.807, 2.05) is 19.1 Å². The van der Waals surface area contributed by atoms with Gasteiger partial charge in [-0.1, -0.05) is 19.1 Å². The number of methoxy groups -OCH3 is 2. The van der Waals surface area contributed by atoms with Crippen molar-refractivity contribution in [2.75, 3.05) is 33.9 Å². The molecule has 22 heavy (non-hydrogen) atoms. The van der Waals surface area contributed by atoms with Crippen molar-refractivity contribution in [3.05, 3.63) is 29.8 Å². The highest BCUT2D eigenvalue weighted by molar-refractivity contribution is 5.86. The van der Waals surface area contributed by atoms with E-state index in [9.17, 15) is 9.59 Å². The van der Waals surface area contributed by atoms with Crippen LogP contribution in [0, 0.1) is 0 Å². The number of rotatable bonds is 9. The monoisotopic (exact) mass is 309 g/mol. The normalized spacial score (nSPS) is 11.8. The number of ether oxygens (including phenoxy) is 2. The van der Waals surface area contributed by atoms with Crippen LogP contribution in [-0.2, 0) is 14.3 Å². The van der Waals surface area contributed by atoms with E-state index in [4.69, 9.17) is 14.6 Å². The van der Waals surface area contributed by atoms with Crippen molar-refractivity contribution in [2.24, 2.45) is 0 Å². The van der Waals surface area contributed by atoms with Gasteiger partial charge in [0, 0.05) is 13.7 Å². The van der Waals surface area contributed by atoms with Gasteiger partial charge in [-0.05, 0) is 24.1 Å². The van der Waals surface area contributed by atoms with E-state index in [0.717, 1.165) is 5.56 Å². The van der Waals surface area contributed by atoms with Crippen molar-refractivity contribution in [2.45, 2.75) is 19.3 Å². The molecule has 0 aliphatic heterocycles. The van der Waals surface area contributed by atoms with Gasteiger partial charge in [0.15, 0.2) is 0 Å². The maximum absolute atomic E-state index is 12.6. The summed E-state index contributed by atoms with van der Waals surface area (Å²) in [5, 5.41) is 8.97. The Labute approximate surface area is 130 Å². The van der Waals surface area contributed by atoms with E-state index in [1.165, 1.54) is 12.0 Å². The van der Waals surface area contributed by atoms with Crippen LogP contribution >= 0.6 is 0 Å². The predicted molar refractivity (Wildman–Crippen MR) is 82.1 cm³/mol. The minimum absolute atomic E-state index is 0.202. The first-order chi connectivity index (χ1) is 10.5. The van der Waals surface area contributed by atoms with Crippen molar-refractivity contribution in [3.63, 3.8) is 0 Å². The fourth-order valence-electron chi connectivity index (χ4n) is 2.24. The van der Waals surface area contributed by atoms with Gasteiger partial charge in [-0.3, -0.25) is 9.59 Å². The summed E-state index contributed by atoms with van der Waals surface area (Å²) in [5.74, 6) is -0.893. The Balaban J connectivity index is 2.92.